The van der Waals surface area contributed by atoms with Crippen LogP contribution in [-0.2, 0) is 31.4 Å². The van der Waals surface area contributed by atoms with Gasteiger partial charge in [0.05, 0.1) is 18.4 Å². The molecule has 16 nitrogen and oxygen atoms in total. The lowest BCUT2D eigenvalue weighted by Gasteiger charge is -2.31. The Hall–Kier alpha value is -3.44. The second-order valence-corrected chi connectivity index (χ2v) is 8.45. The molecule has 1 aromatic heterocycles. The first-order valence-corrected chi connectivity index (χ1v) is 10.4. The Bertz CT molecular complexity index is 1100. The van der Waals surface area contributed by atoms with E-state index < -0.39 is 46.1 Å². The van der Waals surface area contributed by atoms with E-state index in [1.807, 2.05) is 0 Å². The standard InChI is InChI=1S/C15H21N7O9S/c1-15(2,12(23)24)18-13(25)30-19-11(16-3)10-9-7(5-17-20(9)4)8-6-21(10)14(26)22(8)31-32(27,28)29/h5,8,10H,6H2,1-4H3,(H,16,19)(H,18,25)(H,23,24)(H,27,28,29)/t8-,10+/m1/s1. The van der Waals surface area contributed by atoms with Gasteiger partial charge in [-0.15, -0.1) is 4.28 Å². The van der Waals surface area contributed by atoms with Crippen LogP contribution >= 0.6 is 0 Å². The van der Waals surface area contributed by atoms with Crippen molar-refractivity contribution in [3.63, 3.8) is 0 Å². The van der Waals surface area contributed by atoms with Crippen molar-refractivity contribution in [2.75, 3.05) is 13.6 Å². The Balaban J connectivity index is 1.87. The van der Waals surface area contributed by atoms with Crippen LogP contribution in [-0.4, -0.2) is 80.9 Å². The molecule has 176 valence electrons. The van der Waals surface area contributed by atoms with Crippen molar-refractivity contribution in [1.82, 2.24) is 30.5 Å². The van der Waals surface area contributed by atoms with Crippen LogP contribution in [0.15, 0.2) is 11.2 Å². The molecule has 17 heteroatoms. The van der Waals surface area contributed by atoms with Crippen molar-refractivity contribution >= 4 is 34.3 Å². The molecule has 0 spiro atoms. The van der Waals surface area contributed by atoms with E-state index in [-0.39, 0.29) is 12.4 Å². The lowest BCUT2D eigenvalue weighted by Crippen LogP contribution is -2.52. The third-order valence-electron chi connectivity index (χ3n) is 4.90. The van der Waals surface area contributed by atoms with E-state index >= 15 is 0 Å². The first kappa shape index (κ1) is 23.2. The first-order chi connectivity index (χ1) is 14.8. The molecule has 1 aromatic rings. The van der Waals surface area contributed by atoms with Gasteiger partial charge in [0.1, 0.15) is 17.6 Å². The molecule has 3 rings (SSSR count). The number of urea groups is 1. The van der Waals surface area contributed by atoms with Crippen LogP contribution in [0.25, 0.3) is 0 Å². The molecule has 2 bridgehead atoms. The molecule has 0 radical (unpaired) electrons. The zero-order chi connectivity index (χ0) is 24.0. The minimum absolute atomic E-state index is 0.0429. The number of hydrogen-bond acceptors (Lipinski definition) is 9. The molecule has 2 aliphatic rings. The van der Waals surface area contributed by atoms with Gasteiger partial charge in [0.15, 0.2) is 5.84 Å². The Kier molecular flexibility index (Phi) is 5.75. The van der Waals surface area contributed by atoms with Gasteiger partial charge in [0.2, 0.25) is 0 Å². The number of carbonyl (C=O) groups is 3. The number of fused-ring (bicyclic) bond motifs is 4. The summed E-state index contributed by atoms with van der Waals surface area (Å²) >= 11 is 0. The lowest BCUT2D eigenvalue weighted by atomic mass is 9.97. The molecule has 1 saturated heterocycles. The number of aromatic nitrogens is 2. The lowest BCUT2D eigenvalue weighted by molar-refractivity contribution is -0.143. The van der Waals surface area contributed by atoms with Gasteiger partial charge in [-0.25, -0.2) is 19.9 Å². The van der Waals surface area contributed by atoms with Gasteiger partial charge in [-0.3, -0.25) is 14.2 Å². The molecule has 0 aromatic carbocycles. The van der Waals surface area contributed by atoms with Gasteiger partial charge in [0.25, 0.3) is 0 Å². The summed E-state index contributed by atoms with van der Waals surface area (Å²) in [6.45, 7) is 2.46. The average molecular weight is 475 g/mol. The number of hydroxylamine groups is 3. The largest absolute Gasteiger partial charge is 0.480 e. The Labute approximate surface area is 181 Å². The van der Waals surface area contributed by atoms with Gasteiger partial charge in [0, 0.05) is 19.7 Å². The van der Waals surface area contributed by atoms with Crippen LogP contribution in [0.1, 0.15) is 37.2 Å². The Morgan fingerprint density at radius 3 is 2.59 bits per heavy atom. The number of carbonyl (C=O) groups excluding carboxylic acids is 2. The maximum Gasteiger partial charge on any atom is 0.432 e. The molecule has 3 heterocycles. The van der Waals surface area contributed by atoms with Crippen molar-refractivity contribution in [2.24, 2.45) is 12.0 Å². The smallest absolute Gasteiger partial charge is 0.432 e. The summed E-state index contributed by atoms with van der Waals surface area (Å²) in [4.78, 5) is 46.1. The molecule has 0 aliphatic carbocycles. The van der Waals surface area contributed by atoms with Crippen molar-refractivity contribution in [3.8, 4) is 0 Å². The normalized spacial score (nSPS) is 20.8. The molecule has 0 unspecified atom stereocenters. The van der Waals surface area contributed by atoms with Crippen LogP contribution in [0.5, 0.6) is 0 Å². The van der Waals surface area contributed by atoms with Gasteiger partial charge >= 0.3 is 28.5 Å². The number of carboxylic acids is 1. The quantitative estimate of drug-likeness (QED) is 0.178. The van der Waals surface area contributed by atoms with E-state index in [2.05, 4.69) is 25.2 Å². The summed E-state index contributed by atoms with van der Waals surface area (Å²) in [5.41, 5.74) is 1.53. The number of carboxylic acid groups (broad SMARTS) is 1. The van der Waals surface area contributed by atoms with E-state index in [0.717, 1.165) is 0 Å². The summed E-state index contributed by atoms with van der Waals surface area (Å²) in [6, 6.07) is -2.78. The van der Waals surface area contributed by atoms with Crippen LogP contribution in [0, 0.1) is 0 Å². The zero-order valence-corrected chi connectivity index (χ0v) is 18.2. The Morgan fingerprint density at radius 1 is 1.38 bits per heavy atom. The van der Waals surface area contributed by atoms with E-state index in [1.54, 1.807) is 7.05 Å². The van der Waals surface area contributed by atoms with Crippen LogP contribution < -0.4 is 10.8 Å². The van der Waals surface area contributed by atoms with Crippen LogP contribution in [0.3, 0.4) is 0 Å². The van der Waals surface area contributed by atoms with Crippen molar-refractivity contribution in [1.29, 1.82) is 0 Å². The SMILES string of the molecule is CN=C(NOC(=O)NC(C)(C)C(=O)O)[C@@H]1c2c(cnn2C)[C@H]2CN1C(=O)N2OS(=O)(=O)O. The number of nitrogens with one attached hydrogen (secondary N) is 2. The number of amides is 3. The number of amidine groups is 1. The maximum atomic E-state index is 12.8. The number of rotatable bonds is 5. The highest BCUT2D eigenvalue weighted by Gasteiger charge is 2.53. The highest BCUT2D eigenvalue weighted by atomic mass is 32.3. The number of aliphatic imine (C=N–C) groups is 1. The van der Waals surface area contributed by atoms with Crippen LogP contribution in [0.2, 0.25) is 0 Å². The fraction of sp³-hybridized carbons (Fsp3) is 0.533. The molecule has 4 N–H and O–H groups in total. The predicted molar refractivity (Wildman–Crippen MR) is 103 cm³/mol. The third kappa shape index (κ3) is 4.16. The van der Waals surface area contributed by atoms with Gasteiger partial charge in [-0.2, -0.15) is 18.6 Å². The maximum absolute atomic E-state index is 12.8. The summed E-state index contributed by atoms with van der Waals surface area (Å²) in [6.07, 6.45) is 0.279. The van der Waals surface area contributed by atoms with Crippen molar-refractivity contribution < 1.29 is 41.6 Å². The minimum Gasteiger partial charge on any atom is -0.480 e. The first-order valence-electron chi connectivity index (χ1n) is 9.00. The molecular weight excluding hydrogens is 454 g/mol. The number of aryl methyl sites for hydroxylation is 1. The van der Waals surface area contributed by atoms with Gasteiger partial charge < -0.3 is 20.2 Å². The van der Waals surface area contributed by atoms with Crippen molar-refractivity contribution in [2.45, 2.75) is 31.5 Å². The topological polar surface area (TPSA) is 205 Å². The Morgan fingerprint density at radius 2 is 2.03 bits per heavy atom. The second kappa shape index (κ2) is 7.92. The molecule has 32 heavy (non-hydrogen) atoms. The fourth-order valence-corrected chi connectivity index (χ4v) is 3.73. The van der Waals surface area contributed by atoms with Crippen LogP contribution in [0.4, 0.5) is 9.59 Å². The van der Waals surface area contributed by atoms with Gasteiger partial charge in [-0.05, 0) is 13.8 Å². The third-order valence-corrected chi connectivity index (χ3v) is 5.25. The monoisotopic (exact) mass is 475 g/mol. The summed E-state index contributed by atoms with van der Waals surface area (Å²) in [5, 5.41) is 15.9. The average Bonchev–Trinajstić information content (AvgIpc) is 3.17. The predicted octanol–water partition coefficient (Wildman–Crippen LogP) is -0.890. The minimum atomic E-state index is -4.98. The summed E-state index contributed by atoms with van der Waals surface area (Å²) in [7, 11) is -2.06. The van der Waals surface area contributed by atoms with E-state index in [4.69, 9.17) is 14.5 Å². The zero-order valence-electron chi connectivity index (χ0n) is 17.3. The van der Waals surface area contributed by atoms with E-state index in [1.165, 1.54) is 36.7 Å². The number of aliphatic carboxylic acids is 1. The van der Waals surface area contributed by atoms with E-state index in [0.29, 0.717) is 16.3 Å². The highest BCUT2D eigenvalue weighted by Crippen LogP contribution is 2.44. The summed E-state index contributed by atoms with van der Waals surface area (Å²) < 4.78 is 37.3. The molecular formula is C15H21N7O9S. The molecule has 2 aliphatic heterocycles. The summed E-state index contributed by atoms with van der Waals surface area (Å²) in [5.74, 6) is -1.34. The van der Waals surface area contributed by atoms with Gasteiger partial charge in [-0.1, -0.05) is 0 Å². The molecule has 3 amide bonds. The number of nitrogens with zero attached hydrogens (tertiary/aromatic N) is 5. The molecule has 2 atom stereocenters. The number of hydrogen-bond donors (Lipinski definition) is 4. The van der Waals surface area contributed by atoms with E-state index in [9.17, 15) is 22.8 Å². The molecule has 1 fully saturated rings. The highest BCUT2D eigenvalue weighted by molar-refractivity contribution is 7.80. The second-order valence-electron chi connectivity index (χ2n) is 7.45. The fourth-order valence-electron chi connectivity index (χ4n) is 3.36. The molecule has 0 saturated carbocycles. The van der Waals surface area contributed by atoms with Crippen molar-refractivity contribution in [3.05, 3.63) is 17.5 Å².